The monoisotopic (exact) mass is 591 g/mol. The van der Waals surface area contributed by atoms with Crippen LogP contribution in [0.15, 0.2) is 46.9 Å². The van der Waals surface area contributed by atoms with Crippen molar-refractivity contribution in [2.24, 2.45) is 0 Å². The highest BCUT2D eigenvalue weighted by Gasteiger charge is 2.31. The minimum atomic E-state index is -3.81. The number of amides is 2. The van der Waals surface area contributed by atoms with Crippen LogP contribution in [0.1, 0.15) is 32.8 Å². The van der Waals surface area contributed by atoms with Gasteiger partial charge in [-0.1, -0.05) is 48.3 Å². The molecule has 0 saturated heterocycles. The van der Waals surface area contributed by atoms with Crippen molar-refractivity contribution in [3.8, 4) is 0 Å². The molecule has 2 aromatic carbocycles. The number of nitrogens with one attached hydrogen (secondary N) is 1. The van der Waals surface area contributed by atoms with Crippen molar-refractivity contribution in [1.29, 1.82) is 0 Å². The van der Waals surface area contributed by atoms with Gasteiger partial charge in [-0.3, -0.25) is 13.9 Å². The van der Waals surface area contributed by atoms with Crippen LogP contribution < -0.4 is 9.62 Å². The summed E-state index contributed by atoms with van der Waals surface area (Å²) in [5.41, 5.74) is 0.974. The van der Waals surface area contributed by atoms with E-state index in [0.29, 0.717) is 25.8 Å². The molecule has 0 aliphatic heterocycles. The molecule has 2 atom stereocenters. The van der Waals surface area contributed by atoms with E-state index in [4.69, 9.17) is 23.2 Å². The fraction of sp³-hybridized carbons (Fsp3) is 0.391. The van der Waals surface area contributed by atoms with Gasteiger partial charge in [0.25, 0.3) is 0 Å². The molecule has 0 aromatic heterocycles. The minimum Gasteiger partial charge on any atom is -0.352 e. The average Bonchev–Trinajstić information content (AvgIpc) is 2.77. The molecule has 0 heterocycles. The van der Waals surface area contributed by atoms with Gasteiger partial charge in [-0.25, -0.2) is 8.42 Å². The largest absolute Gasteiger partial charge is 0.352 e. The lowest BCUT2D eigenvalue weighted by Crippen LogP contribution is -2.52. The van der Waals surface area contributed by atoms with Gasteiger partial charge in [0.15, 0.2) is 0 Å². The topological polar surface area (TPSA) is 86.8 Å². The Morgan fingerprint density at radius 3 is 2.29 bits per heavy atom. The van der Waals surface area contributed by atoms with E-state index >= 15 is 0 Å². The Labute approximate surface area is 219 Å². The van der Waals surface area contributed by atoms with Crippen molar-refractivity contribution in [3.63, 3.8) is 0 Å². The zero-order chi connectivity index (χ0) is 25.6. The van der Waals surface area contributed by atoms with Crippen LogP contribution in [0.5, 0.6) is 0 Å². The Morgan fingerprint density at radius 2 is 1.74 bits per heavy atom. The molecule has 186 valence electrons. The highest BCUT2D eigenvalue weighted by Crippen LogP contribution is 2.28. The van der Waals surface area contributed by atoms with Crippen molar-refractivity contribution >= 4 is 66.7 Å². The quantitative estimate of drug-likeness (QED) is 0.427. The first-order valence-corrected chi connectivity index (χ1v) is 14.0. The van der Waals surface area contributed by atoms with Crippen molar-refractivity contribution in [1.82, 2.24) is 10.2 Å². The third-order valence-electron chi connectivity index (χ3n) is 5.31. The Kier molecular flexibility index (Phi) is 10.2. The van der Waals surface area contributed by atoms with E-state index in [-0.39, 0.29) is 18.5 Å². The van der Waals surface area contributed by atoms with Gasteiger partial charge in [-0.2, -0.15) is 0 Å². The second-order valence-electron chi connectivity index (χ2n) is 7.99. The average molecular weight is 593 g/mol. The minimum absolute atomic E-state index is 0.0401. The van der Waals surface area contributed by atoms with Crippen LogP contribution in [-0.2, 0) is 26.2 Å². The van der Waals surface area contributed by atoms with Crippen molar-refractivity contribution in [2.75, 3.05) is 17.1 Å². The van der Waals surface area contributed by atoms with E-state index < -0.39 is 28.5 Å². The summed E-state index contributed by atoms with van der Waals surface area (Å²) in [7, 11) is -3.81. The van der Waals surface area contributed by atoms with Gasteiger partial charge in [0.2, 0.25) is 21.8 Å². The molecule has 0 bridgehead atoms. The molecule has 7 nitrogen and oxygen atoms in total. The number of para-hydroxylation sites is 1. The number of hydrogen-bond acceptors (Lipinski definition) is 4. The molecule has 1 N–H and O–H groups in total. The van der Waals surface area contributed by atoms with E-state index in [1.807, 2.05) is 13.8 Å². The normalized spacial score (nSPS) is 13.1. The number of halogens is 3. The Morgan fingerprint density at radius 1 is 1.09 bits per heavy atom. The van der Waals surface area contributed by atoms with Crippen LogP contribution in [0.2, 0.25) is 10.0 Å². The Bertz CT molecular complexity index is 1150. The first-order chi connectivity index (χ1) is 15.8. The van der Waals surface area contributed by atoms with E-state index in [1.54, 1.807) is 49.4 Å². The van der Waals surface area contributed by atoms with Crippen LogP contribution in [0, 0.1) is 0 Å². The number of nitrogens with zero attached hydrogens (tertiary/aromatic N) is 2. The lowest BCUT2D eigenvalue weighted by molar-refractivity contribution is -0.139. The molecule has 0 aliphatic carbocycles. The second-order valence-corrected chi connectivity index (χ2v) is 11.6. The number of carbonyl (C=O) groups is 2. The molecular formula is C23H28BrCl2N3O4S. The molecule has 0 radical (unpaired) electrons. The predicted molar refractivity (Wildman–Crippen MR) is 141 cm³/mol. The van der Waals surface area contributed by atoms with Crippen LogP contribution in [0.3, 0.4) is 0 Å². The molecular weight excluding hydrogens is 565 g/mol. The maximum Gasteiger partial charge on any atom is 0.244 e. The van der Waals surface area contributed by atoms with Gasteiger partial charge in [-0.15, -0.1) is 0 Å². The summed E-state index contributed by atoms with van der Waals surface area (Å²) >= 11 is 15.5. The molecule has 0 saturated carbocycles. The van der Waals surface area contributed by atoms with Crippen LogP contribution in [-0.4, -0.2) is 50.0 Å². The summed E-state index contributed by atoms with van der Waals surface area (Å²) in [4.78, 5) is 27.7. The highest BCUT2D eigenvalue weighted by molar-refractivity contribution is 9.10. The number of benzene rings is 2. The molecule has 2 aromatic rings. The predicted octanol–water partition coefficient (Wildman–Crippen LogP) is 4.85. The Balaban J connectivity index is 2.42. The number of rotatable bonds is 10. The van der Waals surface area contributed by atoms with E-state index in [9.17, 15) is 18.0 Å². The molecule has 11 heteroatoms. The van der Waals surface area contributed by atoms with E-state index in [0.717, 1.165) is 17.0 Å². The zero-order valence-electron chi connectivity index (χ0n) is 19.4. The molecule has 0 aliphatic rings. The van der Waals surface area contributed by atoms with Crippen molar-refractivity contribution < 1.29 is 18.0 Å². The molecule has 34 heavy (non-hydrogen) atoms. The fourth-order valence-electron chi connectivity index (χ4n) is 3.13. The standard InChI is InChI=1S/C23H28BrCl2N3O4S/c1-5-15(2)27-23(31)16(3)28(13-17-10-11-19(25)20(26)12-17)22(30)14-29(34(4,32)33)21-9-7-6-8-18(21)24/h6-12,15-16H,5,13-14H2,1-4H3,(H,27,31)/t15-,16+/m1/s1. The van der Waals surface area contributed by atoms with Crippen molar-refractivity contribution in [2.45, 2.75) is 45.8 Å². The summed E-state index contributed by atoms with van der Waals surface area (Å²) in [6.07, 6.45) is 1.76. The third kappa shape index (κ3) is 7.60. The first-order valence-electron chi connectivity index (χ1n) is 10.6. The zero-order valence-corrected chi connectivity index (χ0v) is 23.3. The van der Waals surface area contributed by atoms with Gasteiger partial charge < -0.3 is 10.2 Å². The van der Waals surface area contributed by atoms with E-state index in [2.05, 4.69) is 21.2 Å². The SMILES string of the molecule is CC[C@@H](C)NC(=O)[C@H](C)N(Cc1ccc(Cl)c(Cl)c1)C(=O)CN(c1ccccc1Br)S(C)(=O)=O. The van der Waals surface area contributed by atoms with Crippen LogP contribution in [0.4, 0.5) is 5.69 Å². The first kappa shape index (κ1) is 28.4. The molecule has 2 rings (SSSR count). The molecule has 0 unspecified atom stereocenters. The molecule has 0 spiro atoms. The van der Waals surface area contributed by atoms with E-state index in [1.165, 1.54) is 4.90 Å². The number of carbonyl (C=O) groups excluding carboxylic acids is 2. The van der Waals surface area contributed by atoms with Gasteiger partial charge in [-0.05, 0) is 66.0 Å². The summed E-state index contributed by atoms with van der Waals surface area (Å²) in [6.45, 7) is 4.97. The number of sulfonamides is 1. The van der Waals surface area contributed by atoms with Crippen molar-refractivity contribution in [3.05, 3.63) is 62.5 Å². The maximum atomic E-state index is 13.5. The Hall–Kier alpha value is -1.81. The fourth-order valence-corrected chi connectivity index (χ4v) is 4.93. The third-order valence-corrected chi connectivity index (χ3v) is 7.84. The summed E-state index contributed by atoms with van der Waals surface area (Å²) < 4.78 is 26.7. The maximum absolute atomic E-state index is 13.5. The van der Waals surface area contributed by atoms with Crippen LogP contribution >= 0.6 is 39.1 Å². The van der Waals surface area contributed by atoms with Crippen LogP contribution in [0.25, 0.3) is 0 Å². The van der Waals surface area contributed by atoms with Gasteiger partial charge >= 0.3 is 0 Å². The van der Waals surface area contributed by atoms with Gasteiger partial charge in [0.1, 0.15) is 12.6 Å². The van der Waals surface area contributed by atoms with Gasteiger partial charge in [0, 0.05) is 17.1 Å². The summed E-state index contributed by atoms with van der Waals surface area (Å²) in [5, 5.41) is 3.55. The highest BCUT2D eigenvalue weighted by atomic mass is 79.9. The number of hydrogen-bond donors (Lipinski definition) is 1. The molecule has 2 amide bonds. The lowest BCUT2D eigenvalue weighted by atomic mass is 10.1. The summed E-state index contributed by atoms with van der Waals surface area (Å²) in [6, 6.07) is 10.7. The molecule has 0 fully saturated rings. The lowest BCUT2D eigenvalue weighted by Gasteiger charge is -2.32. The smallest absolute Gasteiger partial charge is 0.244 e. The summed E-state index contributed by atoms with van der Waals surface area (Å²) in [5.74, 6) is -0.881. The second kappa shape index (κ2) is 12.2. The van der Waals surface area contributed by atoms with Gasteiger partial charge in [0.05, 0.1) is 22.0 Å². The number of anilines is 1.